The molecule has 0 bridgehead atoms. The molecule has 0 aromatic carbocycles. The zero-order valence-corrected chi connectivity index (χ0v) is 12.5. The van der Waals surface area contributed by atoms with E-state index >= 15 is 0 Å². The quantitative estimate of drug-likeness (QED) is 0.944. The van der Waals surface area contributed by atoms with Crippen molar-refractivity contribution in [3.63, 3.8) is 0 Å². The zero-order chi connectivity index (χ0) is 13.1. The van der Waals surface area contributed by atoms with Crippen LogP contribution in [0.2, 0.25) is 0 Å². The van der Waals surface area contributed by atoms with Gasteiger partial charge in [0.1, 0.15) is 0 Å². The molecule has 0 spiro atoms. The van der Waals surface area contributed by atoms with Crippen LogP contribution in [0.25, 0.3) is 5.82 Å². The van der Waals surface area contributed by atoms with Crippen LogP contribution in [0.5, 0.6) is 0 Å². The summed E-state index contributed by atoms with van der Waals surface area (Å²) in [6, 6.07) is 4.08. The van der Waals surface area contributed by atoms with Crippen LogP contribution in [0.3, 0.4) is 0 Å². The molecular formula is C13H17BrN4. The average Bonchev–Trinajstić information content (AvgIpc) is 2.64. The van der Waals surface area contributed by atoms with Gasteiger partial charge in [-0.1, -0.05) is 6.92 Å². The molecule has 2 aromatic rings. The number of aryl methyl sites for hydroxylation is 1. The highest BCUT2D eigenvalue weighted by molar-refractivity contribution is 9.10. The van der Waals surface area contributed by atoms with Crippen molar-refractivity contribution >= 4 is 15.9 Å². The van der Waals surface area contributed by atoms with E-state index in [1.54, 1.807) is 0 Å². The average molecular weight is 309 g/mol. The van der Waals surface area contributed by atoms with Gasteiger partial charge in [-0.2, -0.15) is 5.10 Å². The first-order chi connectivity index (χ1) is 8.63. The molecular weight excluding hydrogens is 292 g/mol. The van der Waals surface area contributed by atoms with E-state index in [1.165, 1.54) is 5.56 Å². The minimum Gasteiger partial charge on any atom is -0.313 e. The van der Waals surface area contributed by atoms with Crippen LogP contribution >= 0.6 is 15.9 Å². The Kier molecular flexibility index (Phi) is 4.14. The summed E-state index contributed by atoms with van der Waals surface area (Å²) in [5.41, 5.74) is 3.26. The lowest BCUT2D eigenvalue weighted by Crippen LogP contribution is -2.12. The van der Waals surface area contributed by atoms with Gasteiger partial charge in [-0.15, -0.1) is 0 Å². The van der Waals surface area contributed by atoms with E-state index in [0.717, 1.165) is 34.8 Å². The van der Waals surface area contributed by atoms with Crippen LogP contribution in [0.4, 0.5) is 0 Å². The number of rotatable bonds is 4. The summed E-state index contributed by atoms with van der Waals surface area (Å²) < 4.78 is 2.91. The number of hydrogen-bond acceptors (Lipinski definition) is 3. The third-order valence-corrected chi connectivity index (χ3v) is 3.96. The fourth-order valence-electron chi connectivity index (χ4n) is 1.80. The lowest BCUT2D eigenvalue weighted by molar-refractivity contribution is 0.722. The lowest BCUT2D eigenvalue weighted by Gasteiger charge is -2.06. The molecule has 2 heterocycles. The van der Waals surface area contributed by atoms with E-state index in [9.17, 15) is 0 Å². The van der Waals surface area contributed by atoms with E-state index in [-0.39, 0.29) is 0 Å². The van der Waals surface area contributed by atoms with Crippen LogP contribution < -0.4 is 5.32 Å². The first kappa shape index (κ1) is 13.2. The monoisotopic (exact) mass is 308 g/mol. The van der Waals surface area contributed by atoms with Crippen molar-refractivity contribution in [2.24, 2.45) is 0 Å². The zero-order valence-electron chi connectivity index (χ0n) is 10.9. The van der Waals surface area contributed by atoms with Crippen molar-refractivity contribution in [2.45, 2.75) is 27.3 Å². The molecule has 0 unspecified atom stereocenters. The van der Waals surface area contributed by atoms with Gasteiger partial charge in [0.05, 0.1) is 15.9 Å². The predicted molar refractivity (Wildman–Crippen MR) is 75.9 cm³/mol. The molecule has 0 amide bonds. The molecule has 0 saturated carbocycles. The summed E-state index contributed by atoms with van der Waals surface area (Å²) in [5.74, 6) is 0.858. The molecule has 0 aliphatic heterocycles. The van der Waals surface area contributed by atoms with Crippen LogP contribution in [0.1, 0.15) is 23.9 Å². The minimum atomic E-state index is 0.854. The molecule has 0 saturated heterocycles. The maximum atomic E-state index is 4.49. The van der Waals surface area contributed by atoms with Crippen molar-refractivity contribution in [3.05, 3.63) is 39.8 Å². The lowest BCUT2D eigenvalue weighted by atomic mass is 10.2. The van der Waals surface area contributed by atoms with Crippen molar-refractivity contribution in [1.82, 2.24) is 20.1 Å². The van der Waals surface area contributed by atoms with Crippen molar-refractivity contribution in [2.75, 3.05) is 6.54 Å². The highest BCUT2D eigenvalue weighted by Gasteiger charge is 2.11. The molecule has 4 nitrogen and oxygen atoms in total. The van der Waals surface area contributed by atoms with Gasteiger partial charge >= 0.3 is 0 Å². The second-order valence-electron chi connectivity index (χ2n) is 4.20. The Balaban J connectivity index is 2.35. The Hall–Kier alpha value is -1.20. The second kappa shape index (κ2) is 5.63. The molecule has 0 fully saturated rings. The SMILES string of the molecule is CCNCc1ccnc(-n2nc(C)c(Br)c2C)c1. The van der Waals surface area contributed by atoms with Gasteiger partial charge < -0.3 is 5.32 Å². The van der Waals surface area contributed by atoms with E-state index in [0.29, 0.717) is 0 Å². The number of hydrogen-bond donors (Lipinski definition) is 1. The largest absolute Gasteiger partial charge is 0.313 e. The van der Waals surface area contributed by atoms with E-state index in [2.05, 4.69) is 44.3 Å². The summed E-state index contributed by atoms with van der Waals surface area (Å²) >= 11 is 3.53. The van der Waals surface area contributed by atoms with E-state index in [4.69, 9.17) is 0 Å². The first-order valence-electron chi connectivity index (χ1n) is 6.01. The van der Waals surface area contributed by atoms with Crippen LogP contribution in [0.15, 0.2) is 22.8 Å². The van der Waals surface area contributed by atoms with Crippen molar-refractivity contribution in [3.8, 4) is 5.82 Å². The summed E-state index contributed by atoms with van der Waals surface area (Å²) in [4.78, 5) is 4.38. The Morgan fingerprint density at radius 1 is 1.39 bits per heavy atom. The normalized spacial score (nSPS) is 10.9. The highest BCUT2D eigenvalue weighted by Crippen LogP contribution is 2.22. The first-order valence-corrected chi connectivity index (χ1v) is 6.80. The van der Waals surface area contributed by atoms with Crippen LogP contribution in [-0.4, -0.2) is 21.3 Å². The molecule has 5 heteroatoms. The van der Waals surface area contributed by atoms with Gasteiger partial charge in [-0.3, -0.25) is 0 Å². The fraction of sp³-hybridized carbons (Fsp3) is 0.385. The summed E-state index contributed by atoms with van der Waals surface area (Å²) in [5, 5.41) is 7.80. The Bertz CT molecular complexity index is 548. The van der Waals surface area contributed by atoms with Gasteiger partial charge in [0.2, 0.25) is 0 Å². The molecule has 1 N–H and O–H groups in total. The van der Waals surface area contributed by atoms with Gasteiger partial charge in [0.15, 0.2) is 5.82 Å². The Morgan fingerprint density at radius 3 is 2.78 bits per heavy atom. The second-order valence-corrected chi connectivity index (χ2v) is 4.99. The smallest absolute Gasteiger partial charge is 0.153 e. The Labute approximate surface area is 116 Å². The molecule has 0 radical (unpaired) electrons. The molecule has 96 valence electrons. The molecule has 0 atom stereocenters. The number of aromatic nitrogens is 3. The van der Waals surface area contributed by atoms with Crippen molar-refractivity contribution in [1.29, 1.82) is 0 Å². The third-order valence-electron chi connectivity index (χ3n) is 2.81. The number of nitrogens with one attached hydrogen (secondary N) is 1. The van der Waals surface area contributed by atoms with Crippen molar-refractivity contribution < 1.29 is 0 Å². The standard InChI is InChI=1S/C13H17BrN4/c1-4-15-8-11-5-6-16-12(7-11)18-10(3)13(14)9(2)17-18/h5-7,15H,4,8H2,1-3H3. The maximum Gasteiger partial charge on any atom is 0.153 e. The minimum absolute atomic E-state index is 0.854. The topological polar surface area (TPSA) is 42.7 Å². The summed E-state index contributed by atoms with van der Waals surface area (Å²) in [7, 11) is 0. The van der Waals surface area contributed by atoms with Crippen LogP contribution in [-0.2, 0) is 6.54 Å². The third kappa shape index (κ3) is 2.62. The Morgan fingerprint density at radius 2 is 2.17 bits per heavy atom. The molecule has 2 aromatic heterocycles. The van der Waals surface area contributed by atoms with Gasteiger partial charge in [0, 0.05) is 12.7 Å². The number of halogens is 1. The van der Waals surface area contributed by atoms with Gasteiger partial charge in [-0.05, 0) is 54.0 Å². The van der Waals surface area contributed by atoms with Crippen LogP contribution in [0, 0.1) is 13.8 Å². The molecule has 18 heavy (non-hydrogen) atoms. The van der Waals surface area contributed by atoms with E-state index in [1.807, 2.05) is 30.8 Å². The highest BCUT2D eigenvalue weighted by atomic mass is 79.9. The predicted octanol–water partition coefficient (Wildman–Crippen LogP) is 2.76. The molecule has 0 aliphatic carbocycles. The number of pyridine rings is 1. The summed E-state index contributed by atoms with van der Waals surface area (Å²) in [6.07, 6.45) is 1.83. The van der Waals surface area contributed by atoms with Gasteiger partial charge in [-0.25, -0.2) is 9.67 Å². The van der Waals surface area contributed by atoms with Gasteiger partial charge in [0.25, 0.3) is 0 Å². The maximum absolute atomic E-state index is 4.49. The fourth-order valence-corrected chi connectivity index (χ4v) is 2.05. The van der Waals surface area contributed by atoms with E-state index < -0.39 is 0 Å². The molecule has 2 rings (SSSR count). The summed E-state index contributed by atoms with van der Waals surface area (Å²) in [6.45, 7) is 7.93. The molecule has 0 aliphatic rings. The number of nitrogens with zero attached hydrogens (tertiary/aromatic N) is 3.